The summed E-state index contributed by atoms with van der Waals surface area (Å²) in [6.45, 7) is 2.27. The van der Waals surface area contributed by atoms with Gasteiger partial charge in [-0.2, -0.15) is 0 Å². The normalized spacial score (nSPS) is 15.8. The Bertz CT molecular complexity index is 824. The lowest BCUT2D eigenvalue weighted by Gasteiger charge is -2.35. The van der Waals surface area contributed by atoms with Crippen LogP contribution < -0.4 is 5.32 Å². The summed E-state index contributed by atoms with van der Waals surface area (Å²) in [6.07, 6.45) is 2.86. The molecule has 1 fully saturated rings. The minimum absolute atomic E-state index is 0.0269. The largest absolute Gasteiger partial charge is 0.390 e. The van der Waals surface area contributed by atoms with Crippen LogP contribution in [0.1, 0.15) is 29.5 Å². The Morgan fingerprint density at radius 1 is 0.733 bits per heavy atom. The SMILES string of the molecule is O[C@@H](CNC1CC1)[C@H](Cc1ccccc1)N(Cc1ccccc1)Cc1ccccc1. The van der Waals surface area contributed by atoms with Crippen LogP contribution in [0.3, 0.4) is 0 Å². The first kappa shape index (κ1) is 20.8. The highest BCUT2D eigenvalue weighted by Gasteiger charge is 2.29. The molecule has 1 saturated carbocycles. The van der Waals surface area contributed by atoms with Crippen molar-refractivity contribution in [1.29, 1.82) is 0 Å². The molecular formula is C27H32N2O. The predicted molar refractivity (Wildman–Crippen MR) is 123 cm³/mol. The fourth-order valence-electron chi connectivity index (χ4n) is 4.00. The highest BCUT2D eigenvalue weighted by Crippen LogP contribution is 2.22. The third kappa shape index (κ3) is 6.27. The van der Waals surface area contributed by atoms with Gasteiger partial charge in [0.05, 0.1) is 6.10 Å². The molecule has 0 heterocycles. The average molecular weight is 401 g/mol. The van der Waals surface area contributed by atoms with Gasteiger partial charge in [0.2, 0.25) is 0 Å². The first-order chi connectivity index (χ1) is 14.8. The number of benzene rings is 3. The molecule has 0 aromatic heterocycles. The summed E-state index contributed by atoms with van der Waals surface area (Å²) in [5.74, 6) is 0. The second-order valence-electron chi connectivity index (χ2n) is 8.38. The molecule has 0 unspecified atom stereocenters. The van der Waals surface area contributed by atoms with Crippen LogP contribution in [0.2, 0.25) is 0 Å². The highest BCUT2D eigenvalue weighted by atomic mass is 16.3. The van der Waals surface area contributed by atoms with E-state index in [0.29, 0.717) is 12.6 Å². The lowest BCUT2D eigenvalue weighted by atomic mass is 9.97. The number of nitrogens with zero attached hydrogens (tertiary/aromatic N) is 1. The summed E-state index contributed by atoms with van der Waals surface area (Å²) in [5.41, 5.74) is 3.81. The zero-order valence-corrected chi connectivity index (χ0v) is 17.5. The summed E-state index contributed by atoms with van der Waals surface area (Å²) in [6, 6.07) is 32.3. The molecule has 0 amide bonds. The van der Waals surface area contributed by atoms with E-state index >= 15 is 0 Å². The molecule has 2 N–H and O–H groups in total. The van der Waals surface area contributed by atoms with Crippen molar-refractivity contribution in [2.24, 2.45) is 0 Å². The number of aliphatic hydroxyl groups is 1. The monoisotopic (exact) mass is 400 g/mol. The zero-order chi connectivity index (χ0) is 20.6. The van der Waals surface area contributed by atoms with Gasteiger partial charge in [-0.05, 0) is 36.0 Å². The van der Waals surface area contributed by atoms with Gasteiger partial charge in [-0.3, -0.25) is 4.90 Å². The van der Waals surface area contributed by atoms with Crippen LogP contribution in [0, 0.1) is 0 Å². The van der Waals surface area contributed by atoms with Gasteiger partial charge in [-0.15, -0.1) is 0 Å². The molecule has 30 heavy (non-hydrogen) atoms. The maximum Gasteiger partial charge on any atom is 0.0823 e. The third-order valence-electron chi connectivity index (χ3n) is 5.85. The molecular weight excluding hydrogens is 368 g/mol. The molecule has 3 heteroatoms. The topological polar surface area (TPSA) is 35.5 Å². The quantitative estimate of drug-likeness (QED) is 0.500. The van der Waals surface area contributed by atoms with Crippen molar-refractivity contribution in [2.75, 3.05) is 6.54 Å². The fraction of sp³-hybridized carbons (Fsp3) is 0.333. The molecule has 156 valence electrons. The van der Waals surface area contributed by atoms with Crippen LogP contribution in [0.4, 0.5) is 0 Å². The van der Waals surface area contributed by atoms with E-state index in [-0.39, 0.29) is 6.04 Å². The Hall–Kier alpha value is -2.46. The minimum Gasteiger partial charge on any atom is -0.390 e. The molecule has 1 aliphatic rings. The Balaban J connectivity index is 1.58. The molecule has 4 rings (SSSR count). The smallest absolute Gasteiger partial charge is 0.0823 e. The molecule has 0 aliphatic heterocycles. The van der Waals surface area contributed by atoms with Crippen LogP contribution in [0.5, 0.6) is 0 Å². The summed E-state index contributed by atoms with van der Waals surface area (Å²) in [7, 11) is 0. The second-order valence-corrected chi connectivity index (χ2v) is 8.38. The van der Waals surface area contributed by atoms with Crippen LogP contribution in [-0.2, 0) is 19.5 Å². The minimum atomic E-state index is -0.432. The maximum absolute atomic E-state index is 11.3. The van der Waals surface area contributed by atoms with Gasteiger partial charge in [0.1, 0.15) is 0 Å². The summed E-state index contributed by atoms with van der Waals surface area (Å²) in [4.78, 5) is 2.44. The van der Waals surface area contributed by atoms with Crippen LogP contribution >= 0.6 is 0 Å². The predicted octanol–water partition coefficient (Wildman–Crippen LogP) is 4.41. The lowest BCUT2D eigenvalue weighted by molar-refractivity contribution is 0.0391. The van der Waals surface area contributed by atoms with Gasteiger partial charge in [-0.1, -0.05) is 91.0 Å². The zero-order valence-electron chi connectivity index (χ0n) is 17.5. The molecule has 0 bridgehead atoms. The van der Waals surface area contributed by atoms with Crippen LogP contribution in [0.15, 0.2) is 91.0 Å². The van der Waals surface area contributed by atoms with E-state index in [1.54, 1.807) is 0 Å². The van der Waals surface area contributed by atoms with Crippen molar-refractivity contribution >= 4 is 0 Å². The molecule has 0 spiro atoms. The van der Waals surface area contributed by atoms with Crippen molar-refractivity contribution in [3.8, 4) is 0 Å². The van der Waals surface area contributed by atoms with Crippen molar-refractivity contribution < 1.29 is 5.11 Å². The van der Waals surface area contributed by atoms with Gasteiger partial charge in [-0.25, -0.2) is 0 Å². The summed E-state index contributed by atoms with van der Waals surface area (Å²) in [5, 5.41) is 14.8. The van der Waals surface area contributed by atoms with E-state index in [4.69, 9.17) is 0 Å². The number of hydrogen-bond acceptors (Lipinski definition) is 3. The standard InChI is InChI=1S/C27H32N2O/c30-27(19-28-25-16-17-25)26(18-22-10-4-1-5-11-22)29(20-23-12-6-2-7-13-23)21-24-14-8-3-9-15-24/h1-15,25-28,30H,16-21H2/t26-,27-/m0/s1. The molecule has 3 aromatic rings. The van der Waals surface area contributed by atoms with E-state index in [2.05, 4.69) is 101 Å². The molecule has 0 radical (unpaired) electrons. The molecule has 0 saturated heterocycles. The number of rotatable bonds is 11. The van der Waals surface area contributed by atoms with Crippen molar-refractivity contribution in [3.63, 3.8) is 0 Å². The van der Waals surface area contributed by atoms with Crippen molar-refractivity contribution in [2.45, 2.75) is 50.5 Å². The van der Waals surface area contributed by atoms with Crippen LogP contribution in [0.25, 0.3) is 0 Å². The second kappa shape index (κ2) is 10.5. The number of nitrogens with one attached hydrogen (secondary N) is 1. The Kier molecular flexibility index (Phi) is 7.30. The van der Waals surface area contributed by atoms with E-state index in [1.807, 2.05) is 0 Å². The molecule has 2 atom stereocenters. The van der Waals surface area contributed by atoms with E-state index in [0.717, 1.165) is 19.5 Å². The molecule has 3 aromatic carbocycles. The summed E-state index contributed by atoms with van der Waals surface area (Å²) >= 11 is 0. The lowest BCUT2D eigenvalue weighted by Crippen LogP contribution is -2.48. The van der Waals surface area contributed by atoms with Gasteiger partial charge in [0.15, 0.2) is 0 Å². The van der Waals surface area contributed by atoms with E-state index in [1.165, 1.54) is 29.5 Å². The van der Waals surface area contributed by atoms with Crippen molar-refractivity contribution in [3.05, 3.63) is 108 Å². The van der Waals surface area contributed by atoms with Gasteiger partial charge >= 0.3 is 0 Å². The van der Waals surface area contributed by atoms with Crippen molar-refractivity contribution in [1.82, 2.24) is 10.2 Å². The van der Waals surface area contributed by atoms with Gasteiger partial charge < -0.3 is 10.4 Å². The molecule has 1 aliphatic carbocycles. The van der Waals surface area contributed by atoms with Crippen LogP contribution in [-0.4, -0.2) is 34.7 Å². The Morgan fingerprint density at radius 3 is 1.67 bits per heavy atom. The number of aliphatic hydroxyl groups excluding tert-OH is 1. The van der Waals surface area contributed by atoms with Gasteiger partial charge in [0.25, 0.3) is 0 Å². The summed E-state index contributed by atoms with van der Waals surface area (Å²) < 4.78 is 0. The Labute approximate surface area is 180 Å². The first-order valence-corrected chi connectivity index (χ1v) is 11.1. The maximum atomic E-state index is 11.3. The average Bonchev–Trinajstić information content (AvgIpc) is 3.62. The van der Waals surface area contributed by atoms with E-state index in [9.17, 15) is 5.11 Å². The first-order valence-electron chi connectivity index (χ1n) is 11.1. The van der Waals surface area contributed by atoms with Gasteiger partial charge in [0, 0.05) is 31.7 Å². The Morgan fingerprint density at radius 2 is 1.20 bits per heavy atom. The number of hydrogen-bond donors (Lipinski definition) is 2. The molecule has 3 nitrogen and oxygen atoms in total. The third-order valence-corrected chi connectivity index (χ3v) is 5.85. The van der Waals surface area contributed by atoms with E-state index < -0.39 is 6.10 Å². The fourth-order valence-corrected chi connectivity index (χ4v) is 4.00. The highest BCUT2D eigenvalue weighted by molar-refractivity contribution is 5.20.